The van der Waals surface area contributed by atoms with Crippen LogP contribution in [0.25, 0.3) is 0 Å². The van der Waals surface area contributed by atoms with E-state index in [0.717, 1.165) is 28.7 Å². The van der Waals surface area contributed by atoms with Crippen molar-refractivity contribution in [2.75, 3.05) is 11.6 Å². The maximum absolute atomic E-state index is 5.58. The largest absolute Gasteiger partial charge is 0.228 e. The average Bonchev–Trinajstić information content (AvgIpc) is 2.03. The number of rotatable bonds is 4. The minimum Gasteiger partial charge on any atom is -0.228 e. The monoisotopic (exact) mass is 216 g/mol. The summed E-state index contributed by atoms with van der Waals surface area (Å²) in [4.78, 5) is 8.63. The second-order valence-electron chi connectivity index (χ2n) is 2.82. The van der Waals surface area contributed by atoms with Crippen LogP contribution in [-0.4, -0.2) is 21.6 Å². The van der Waals surface area contributed by atoms with Crippen LogP contribution in [-0.2, 0) is 0 Å². The van der Waals surface area contributed by atoms with Crippen molar-refractivity contribution < 1.29 is 0 Å². The second kappa shape index (κ2) is 5.45. The van der Waals surface area contributed by atoms with Gasteiger partial charge in [0, 0.05) is 23.0 Å². The van der Waals surface area contributed by atoms with Crippen LogP contribution in [0.5, 0.6) is 0 Å². The standard InChI is InChI=1S/C9H13ClN2S/c1-7-6-8(2)12-9(11-7)13-5-3-4-10/h6H,3-5H2,1-2H3. The van der Waals surface area contributed by atoms with E-state index in [4.69, 9.17) is 11.6 Å². The summed E-state index contributed by atoms with van der Waals surface area (Å²) in [5.41, 5.74) is 2.06. The van der Waals surface area contributed by atoms with E-state index in [0.29, 0.717) is 5.88 Å². The molecule has 0 aliphatic rings. The zero-order chi connectivity index (χ0) is 9.68. The third-order valence-corrected chi connectivity index (χ3v) is 2.67. The zero-order valence-corrected chi connectivity index (χ0v) is 9.45. The molecule has 2 nitrogen and oxygen atoms in total. The van der Waals surface area contributed by atoms with Gasteiger partial charge >= 0.3 is 0 Å². The van der Waals surface area contributed by atoms with Gasteiger partial charge in [-0.05, 0) is 26.3 Å². The first-order valence-corrected chi connectivity index (χ1v) is 5.75. The highest BCUT2D eigenvalue weighted by atomic mass is 35.5. The van der Waals surface area contributed by atoms with E-state index in [1.165, 1.54) is 0 Å². The predicted molar refractivity (Wildman–Crippen MR) is 57.6 cm³/mol. The summed E-state index contributed by atoms with van der Waals surface area (Å²) in [7, 11) is 0. The molecule has 0 atom stereocenters. The van der Waals surface area contributed by atoms with Crippen LogP contribution in [0.1, 0.15) is 17.8 Å². The highest BCUT2D eigenvalue weighted by Crippen LogP contribution is 2.14. The molecule has 0 radical (unpaired) electrons. The smallest absolute Gasteiger partial charge is 0.187 e. The lowest BCUT2D eigenvalue weighted by Crippen LogP contribution is -1.93. The molecule has 0 spiro atoms. The van der Waals surface area contributed by atoms with Crippen molar-refractivity contribution in [2.24, 2.45) is 0 Å². The summed E-state index contributed by atoms with van der Waals surface area (Å²) in [5.74, 6) is 1.70. The molecule has 0 bridgehead atoms. The molecule has 0 saturated carbocycles. The van der Waals surface area contributed by atoms with Gasteiger partial charge in [-0.3, -0.25) is 0 Å². The van der Waals surface area contributed by atoms with Crippen molar-refractivity contribution in [1.82, 2.24) is 9.97 Å². The molecule has 0 N–H and O–H groups in total. The van der Waals surface area contributed by atoms with Crippen molar-refractivity contribution in [3.05, 3.63) is 17.5 Å². The van der Waals surface area contributed by atoms with Gasteiger partial charge in [0.1, 0.15) is 0 Å². The summed E-state index contributed by atoms with van der Waals surface area (Å²) in [5, 5.41) is 0.864. The maximum Gasteiger partial charge on any atom is 0.187 e. The van der Waals surface area contributed by atoms with Crippen molar-refractivity contribution in [2.45, 2.75) is 25.4 Å². The highest BCUT2D eigenvalue weighted by molar-refractivity contribution is 7.99. The number of aryl methyl sites for hydroxylation is 2. The Morgan fingerprint density at radius 1 is 1.31 bits per heavy atom. The molecule has 13 heavy (non-hydrogen) atoms. The van der Waals surface area contributed by atoms with Gasteiger partial charge in [-0.15, -0.1) is 11.6 Å². The van der Waals surface area contributed by atoms with Crippen LogP contribution in [0.4, 0.5) is 0 Å². The SMILES string of the molecule is Cc1cc(C)nc(SCCCCl)n1. The van der Waals surface area contributed by atoms with E-state index in [9.17, 15) is 0 Å². The molecular formula is C9H13ClN2S. The van der Waals surface area contributed by atoms with Gasteiger partial charge in [-0.2, -0.15) is 0 Å². The zero-order valence-electron chi connectivity index (χ0n) is 7.88. The first kappa shape index (κ1) is 10.8. The number of hydrogen-bond donors (Lipinski definition) is 0. The number of nitrogens with zero attached hydrogens (tertiary/aromatic N) is 2. The molecule has 4 heteroatoms. The normalized spacial score (nSPS) is 10.4. The Balaban J connectivity index is 2.56. The van der Waals surface area contributed by atoms with Crippen LogP contribution in [0.15, 0.2) is 11.2 Å². The van der Waals surface area contributed by atoms with E-state index in [1.54, 1.807) is 11.8 Å². The molecule has 1 heterocycles. The minimum atomic E-state index is 0.706. The van der Waals surface area contributed by atoms with Crippen LogP contribution >= 0.6 is 23.4 Å². The Bertz CT molecular complexity index is 258. The molecule has 1 aromatic rings. The summed E-state index contributed by atoms with van der Waals surface area (Å²) in [6.07, 6.45) is 1.00. The Morgan fingerprint density at radius 2 is 1.92 bits per heavy atom. The average molecular weight is 217 g/mol. The van der Waals surface area contributed by atoms with Gasteiger partial charge in [-0.25, -0.2) is 9.97 Å². The maximum atomic E-state index is 5.58. The molecule has 0 aliphatic carbocycles. The van der Waals surface area contributed by atoms with E-state index in [2.05, 4.69) is 9.97 Å². The summed E-state index contributed by atoms with van der Waals surface area (Å²) >= 11 is 7.24. The molecule has 0 fully saturated rings. The molecule has 72 valence electrons. The minimum absolute atomic E-state index is 0.706. The first-order chi connectivity index (χ1) is 6.22. The van der Waals surface area contributed by atoms with Crippen LogP contribution in [0.2, 0.25) is 0 Å². The first-order valence-electron chi connectivity index (χ1n) is 4.23. The van der Waals surface area contributed by atoms with Crippen molar-refractivity contribution in [3.63, 3.8) is 0 Å². The fourth-order valence-corrected chi connectivity index (χ4v) is 2.16. The molecule has 0 aromatic carbocycles. The molecular weight excluding hydrogens is 204 g/mol. The third kappa shape index (κ3) is 3.96. The van der Waals surface area contributed by atoms with E-state index in [1.807, 2.05) is 19.9 Å². The van der Waals surface area contributed by atoms with E-state index >= 15 is 0 Å². The Hall–Kier alpha value is -0.280. The lowest BCUT2D eigenvalue weighted by atomic mass is 10.4. The molecule has 0 saturated heterocycles. The molecule has 1 aromatic heterocycles. The highest BCUT2D eigenvalue weighted by Gasteiger charge is 1.99. The quantitative estimate of drug-likeness (QED) is 0.335. The van der Waals surface area contributed by atoms with Gasteiger partial charge in [0.15, 0.2) is 5.16 Å². The molecule has 0 amide bonds. The predicted octanol–water partition coefficient (Wildman–Crippen LogP) is 2.81. The van der Waals surface area contributed by atoms with E-state index < -0.39 is 0 Å². The summed E-state index contributed by atoms with van der Waals surface area (Å²) in [6.45, 7) is 3.97. The third-order valence-electron chi connectivity index (χ3n) is 1.47. The second-order valence-corrected chi connectivity index (χ2v) is 4.26. The lowest BCUT2D eigenvalue weighted by Gasteiger charge is -2.01. The summed E-state index contributed by atoms with van der Waals surface area (Å²) < 4.78 is 0. The number of halogens is 1. The Kier molecular flexibility index (Phi) is 4.53. The number of thioether (sulfide) groups is 1. The van der Waals surface area contributed by atoms with Crippen LogP contribution in [0.3, 0.4) is 0 Å². The molecule has 1 rings (SSSR count). The van der Waals surface area contributed by atoms with Gasteiger partial charge in [-0.1, -0.05) is 11.8 Å². The topological polar surface area (TPSA) is 25.8 Å². The van der Waals surface area contributed by atoms with Gasteiger partial charge in [0.25, 0.3) is 0 Å². The summed E-state index contributed by atoms with van der Waals surface area (Å²) in [6, 6.07) is 1.98. The number of aromatic nitrogens is 2. The fourth-order valence-electron chi connectivity index (χ4n) is 0.976. The Labute approximate surface area is 88.1 Å². The van der Waals surface area contributed by atoms with Crippen LogP contribution < -0.4 is 0 Å². The van der Waals surface area contributed by atoms with Gasteiger partial charge < -0.3 is 0 Å². The molecule has 0 unspecified atom stereocenters. The molecule has 0 aliphatic heterocycles. The Morgan fingerprint density at radius 3 is 2.46 bits per heavy atom. The fraction of sp³-hybridized carbons (Fsp3) is 0.556. The van der Waals surface area contributed by atoms with Crippen LogP contribution in [0, 0.1) is 13.8 Å². The van der Waals surface area contributed by atoms with E-state index in [-0.39, 0.29) is 0 Å². The van der Waals surface area contributed by atoms with Crippen molar-refractivity contribution >= 4 is 23.4 Å². The van der Waals surface area contributed by atoms with Gasteiger partial charge in [0.2, 0.25) is 0 Å². The van der Waals surface area contributed by atoms with Crippen molar-refractivity contribution in [3.8, 4) is 0 Å². The van der Waals surface area contributed by atoms with Crippen molar-refractivity contribution in [1.29, 1.82) is 0 Å². The number of hydrogen-bond acceptors (Lipinski definition) is 3. The van der Waals surface area contributed by atoms with Gasteiger partial charge in [0.05, 0.1) is 0 Å². The lowest BCUT2D eigenvalue weighted by molar-refractivity contribution is 0.900. The number of alkyl halides is 1.